The van der Waals surface area contributed by atoms with Gasteiger partial charge in [0.05, 0.1) is 19.3 Å². The Kier molecular flexibility index (Phi) is 7.03. The maximum absolute atomic E-state index is 15.0. The number of hydrogen-bond donors (Lipinski definition) is 1. The molecule has 2 aliphatic rings. The number of rotatable bonds is 7. The molecule has 1 aromatic carbocycles. The molecule has 0 bridgehead atoms. The fraction of sp³-hybridized carbons (Fsp3) is 0.407. The van der Waals surface area contributed by atoms with Crippen LogP contribution in [0.25, 0.3) is 5.57 Å². The van der Waals surface area contributed by atoms with Gasteiger partial charge >= 0.3 is 0 Å². The van der Waals surface area contributed by atoms with Crippen LogP contribution < -0.4 is 10.1 Å². The van der Waals surface area contributed by atoms with Gasteiger partial charge in [0.15, 0.2) is 5.82 Å². The summed E-state index contributed by atoms with van der Waals surface area (Å²) in [7, 11) is 5.47. The van der Waals surface area contributed by atoms with Crippen LogP contribution in [0.4, 0.5) is 10.1 Å². The molecule has 5 rings (SSSR count). The van der Waals surface area contributed by atoms with Crippen LogP contribution in [0.3, 0.4) is 0 Å². The molecular weight excluding hydrogens is 473 g/mol. The van der Waals surface area contributed by atoms with Gasteiger partial charge in [-0.3, -0.25) is 14.4 Å². The second kappa shape index (κ2) is 10.4. The van der Waals surface area contributed by atoms with Crippen LogP contribution in [0.5, 0.6) is 5.88 Å². The number of halogens is 1. The molecule has 1 saturated heterocycles. The van der Waals surface area contributed by atoms with Crippen molar-refractivity contribution in [2.75, 3.05) is 45.7 Å². The third-order valence-corrected chi connectivity index (χ3v) is 7.16. The van der Waals surface area contributed by atoms with Crippen LogP contribution in [0.1, 0.15) is 35.1 Å². The number of nitrogens with zero attached hydrogens (tertiary/aromatic N) is 6. The number of carbonyl (C=O) groups excluding carboxylic acids is 1. The number of likely N-dealkylation sites (N-methyl/N-ethyl adjacent to an activating group) is 1. The number of nitrogens with one attached hydrogen (secondary N) is 1. The molecule has 1 aliphatic heterocycles. The van der Waals surface area contributed by atoms with Crippen LogP contribution >= 0.6 is 0 Å². The lowest BCUT2D eigenvalue weighted by Gasteiger charge is -2.35. The van der Waals surface area contributed by atoms with E-state index in [0.29, 0.717) is 30.1 Å². The van der Waals surface area contributed by atoms with Crippen LogP contribution in [-0.2, 0) is 24.7 Å². The normalized spacial score (nSPS) is 16.8. The van der Waals surface area contributed by atoms with Crippen molar-refractivity contribution in [3.8, 4) is 5.88 Å². The molecule has 1 aliphatic carbocycles. The zero-order chi connectivity index (χ0) is 26.1. The van der Waals surface area contributed by atoms with E-state index in [1.807, 2.05) is 44.4 Å². The highest BCUT2D eigenvalue weighted by Gasteiger charge is 2.27. The second-order valence-electron chi connectivity index (χ2n) is 9.65. The lowest BCUT2D eigenvalue weighted by molar-refractivity contribution is -0.121. The first-order valence-electron chi connectivity index (χ1n) is 12.5. The summed E-state index contributed by atoms with van der Waals surface area (Å²) in [4.78, 5) is 26.3. The van der Waals surface area contributed by atoms with Crippen molar-refractivity contribution < 1.29 is 13.9 Å². The third-order valence-electron chi connectivity index (χ3n) is 7.16. The number of methoxy groups -OCH3 is 1. The smallest absolute Gasteiger partial charge is 0.241 e. The number of allylic oxidation sites excluding steroid dienone is 1. The molecule has 3 heterocycles. The number of aromatic nitrogens is 4. The van der Waals surface area contributed by atoms with E-state index < -0.39 is 5.82 Å². The number of piperazine rings is 1. The minimum Gasteiger partial charge on any atom is -0.480 e. The Morgan fingerprint density at radius 3 is 2.76 bits per heavy atom. The SMILES string of the molecule is COc1nn(C)cc1Cc1ncc(F)c(C2=CCc3c(NC(=O)[C@@H](C)N4CCN(C)CC4)cccc32)n1. The Labute approximate surface area is 216 Å². The van der Waals surface area contributed by atoms with Gasteiger partial charge in [-0.1, -0.05) is 18.2 Å². The lowest BCUT2D eigenvalue weighted by atomic mass is 10.0. The van der Waals surface area contributed by atoms with E-state index in [4.69, 9.17) is 4.74 Å². The van der Waals surface area contributed by atoms with Crippen molar-refractivity contribution in [3.63, 3.8) is 0 Å². The largest absolute Gasteiger partial charge is 0.480 e. The Balaban J connectivity index is 1.36. The Morgan fingerprint density at radius 2 is 2.00 bits per heavy atom. The summed E-state index contributed by atoms with van der Waals surface area (Å²) >= 11 is 0. The van der Waals surface area contributed by atoms with Gasteiger partial charge in [0.25, 0.3) is 0 Å². The molecule has 9 nitrogen and oxygen atoms in total. The predicted molar refractivity (Wildman–Crippen MR) is 139 cm³/mol. The summed E-state index contributed by atoms with van der Waals surface area (Å²) in [5.74, 6) is 0.447. The van der Waals surface area contributed by atoms with E-state index >= 15 is 0 Å². The molecule has 1 fully saturated rings. The highest BCUT2D eigenvalue weighted by molar-refractivity contribution is 5.97. The van der Waals surface area contributed by atoms with E-state index in [-0.39, 0.29) is 17.6 Å². The van der Waals surface area contributed by atoms with E-state index in [2.05, 4.69) is 37.2 Å². The van der Waals surface area contributed by atoms with Crippen molar-refractivity contribution in [2.24, 2.45) is 7.05 Å². The maximum atomic E-state index is 15.0. The molecule has 0 saturated carbocycles. The average molecular weight is 506 g/mol. The molecule has 0 spiro atoms. The number of benzene rings is 1. The Bertz CT molecular complexity index is 1340. The summed E-state index contributed by atoms with van der Waals surface area (Å²) in [6, 6.07) is 5.50. The molecule has 2 aromatic heterocycles. The molecule has 1 atom stereocenters. The minimum absolute atomic E-state index is 0.0349. The maximum Gasteiger partial charge on any atom is 0.241 e. The first kappa shape index (κ1) is 25.0. The zero-order valence-corrected chi connectivity index (χ0v) is 21.7. The number of anilines is 1. The van der Waals surface area contributed by atoms with Crippen LogP contribution in [-0.4, -0.2) is 81.8 Å². The zero-order valence-electron chi connectivity index (χ0n) is 21.7. The van der Waals surface area contributed by atoms with Gasteiger partial charge in [0, 0.05) is 62.7 Å². The quantitative estimate of drug-likeness (QED) is 0.528. The van der Waals surface area contributed by atoms with Crippen LogP contribution in [0.2, 0.25) is 0 Å². The van der Waals surface area contributed by atoms with E-state index in [9.17, 15) is 9.18 Å². The summed E-state index contributed by atoms with van der Waals surface area (Å²) in [5.41, 5.74) is 4.36. The van der Waals surface area contributed by atoms with Gasteiger partial charge in [-0.25, -0.2) is 14.4 Å². The van der Waals surface area contributed by atoms with Crippen molar-refractivity contribution in [2.45, 2.75) is 25.8 Å². The van der Waals surface area contributed by atoms with Gasteiger partial charge in [-0.05, 0) is 37.6 Å². The van der Waals surface area contributed by atoms with Crippen molar-refractivity contribution in [1.82, 2.24) is 29.5 Å². The van der Waals surface area contributed by atoms with Gasteiger partial charge < -0.3 is 15.0 Å². The third kappa shape index (κ3) is 5.12. The van der Waals surface area contributed by atoms with Gasteiger partial charge in [0.2, 0.25) is 11.8 Å². The fourth-order valence-corrected chi connectivity index (χ4v) is 4.99. The molecule has 1 N–H and O–H groups in total. The Morgan fingerprint density at radius 1 is 1.22 bits per heavy atom. The number of hydrogen-bond acceptors (Lipinski definition) is 7. The fourth-order valence-electron chi connectivity index (χ4n) is 4.99. The molecule has 3 aromatic rings. The first-order chi connectivity index (χ1) is 17.8. The van der Waals surface area contributed by atoms with E-state index in [1.165, 1.54) is 6.20 Å². The number of aryl methyl sites for hydroxylation is 1. The molecule has 1 amide bonds. The second-order valence-corrected chi connectivity index (χ2v) is 9.65. The van der Waals surface area contributed by atoms with Crippen molar-refractivity contribution in [3.05, 3.63) is 70.7 Å². The van der Waals surface area contributed by atoms with Crippen LogP contribution in [0, 0.1) is 5.82 Å². The van der Waals surface area contributed by atoms with Crippen LogP contribution in [0.15, 0.2) is 36.7 Å². The number of ether oxygens (including phenoxy) is 1. The molecule has 0 radical (unpaired) electrons. The highest BCUT2D eigenvalue weighted by Crippen LogP contribution is 2.37. The summed E-state index contributed by atoms with van der Waals surface area (Å²) < 4.78 is 22.0. The molecular formula is C27H32FN7O2. The molecule has 0 unspecified atom stereocenters. The topological polar surface area (TPSA) is 88.4 Å². The lowest BCUT2D eigenvalue weighted by Crippen LogP contribution is -2.51. The summed E-state index contributed by atoms with van der Waals surface area (Å²) in [6.45, 7) is 5.58. The molecule has 37 heavy (non-hydrogen) atoms. The van der Waals surface area contributed by atoms with Gasteiger partial charge in [-0.2, -0.15) is 0 Å². The van der Waals surface area contributed by atoms with E-state index in [0.717, 1.165) is 48.6 Å². The first-order valence-corrected chi connectivity index (χ1v) is 12.5. The van der Waals surface area contributed by atoms with Gasteiger partial charge in [0.1, 0.15) is 11.5 Å². The average Bonchev–Trinajstić information content (AvgIpc) is 3.48. The number of amides is 1. The number of fused-ring (bicyclic) bond motifs is 1. The summed E-state index contributed by atoms with van der Waals surface area (Å²) in [5, 5.41) is 7.38. The van der Waals surface area contributed by atoms with Gasteiger partial charge in [-0.15, -0.1) is 5.10 Å². The molecule has 194 valence electrons. The van der Waals surface area contributed by atoms with Crippen molar-refractivity contribution >= 4 is 17.2 Å². The predicted octanol–water partition coefficient (Wildman–Crippen LogP) is 2.51. The standard InChI is InChI=1S/C27H32FN7O2/c1-17(35-12-10-33(2)11-13-35)26(36)30-23-7-5-6-19-20(23)8-9-21(19)25-22(28)15-29-24(31-25)14-18-16-34(3)32-27(18)37-4/h5-7,9,15-17H,8,10-14H2,1-4H3,(H,30,36)/t17-/m1/s1. The number of carbonyl (C=O) groups is 1. The monoisotopic (exact) mass is 505 g/mol. The van der Waals surface area contributed by atoms with E-state index in [1.54, 1.807) is 11.8 Å². The minimum atomic E-state index is -0.487. The highest BCUT2D eigenvalue weighted by atomic mass is 19.1. The molecule has 10 heteroatoms. The Hall–Kier alpha value is -3.63. The van der Waals surface area contributed by atoms with Crippen molar-refractivity contribution in [1.29, 1.82) is 0 Å². The summed E-state index contributed by atoms with van der Waals surface area (Å²) in [6.07, 6.45) is 5.96.